The van der Waals surface area contributed by atoms with E-state index in [1.807, 2.05) is 6.20 Å². The molecule has 0 N–H and O–H groups in total. The molecule has 1 fully saturated rings. The lowest BCUT2D eigenvalue weighted by Crippen LogP contribution is -2.06. The monoisotopic (exact) mass is 296 g/mol. The van der Waals surface area contributed by atoms with Crippen LogP contribution in [0.3, 0.4) is 0 Å². The standard InChI is InChI=1S/C12H13BrN2S/c13-10-2-1-4-15-11(10)7-14-12(15)6-9-3-5-16-8-9/h1-2,4,7,9H,3,5-6,8H2. The van der Waals surface area contributed by atoms with Gasteiger partial charge in [0.15, 0.2) is 0 Å². The molecule has 1 unspecified atom stereocenters. The topological polar surface area (TPSA) is 17.3 Å². The van der Waals surface area contributed by atoms with Crippen molar-refractivity contribution >= 4 is 33.2 Å². The number of thioether (sulfide) groups is 1. The Balaban J connectivity index is 1.94. The Morgan fingerprint density at radius 3 is 3.31 bits per heavy atom. The van der Waals surface area contributed by atoms with Crippen molar-refractivity contribution in [2.45, 2.75) is 12.8 Å². The summed E-state index contributed by atoms with van der Waals surface area (Å²) >= 11 is 5.62. The zero-order valence-corrected chi connectivity index (χ0v) is 11.3. The van der Waals surface area contributed by atoms with E-state index in [0.29, 0.717) is 0 Å². The van der Waals surface area contributed by atoms with Gasteiger partial charge in [-0.1, -0.05) is 0 Å². The third-order valence-corrected chi connectivity index (χ3v) is 4.99. The van der Waals surface area contributed by atoms with Crippen LogP contribution in [0.25, 0.3) is 5.52 Å². The Hall–Kier alpha value is -0.480. The zero-order valence-electron chi connectivity index (χ0n) is 8.90. The predicted octanol–water partition coefficient (Wildman–Crippen LogP) is 3.39. The molecule has 2 nitrogen and oxygen atoms in total. The van der Waals surface area contributed by atoms with E-state index < -0.39 is 0 Å². The van der Waals surface area contributed by atoms with Crippen molar-refractivity contribution in [3.8, 4) is 0 Å². The first-order chi connectivity index (χ1) is 7.84. The first-order valence-electron chi connectivity index (χ1n) is 5.53. The van der Waals surface area contributed by atoms with Crippen LogP contribution in [-0.4, -0.2) is 20.9 Å². The van der Waals surface area contributed by atoms with Crippen LogP contribution < -0.4 is 0 Å². The van der Waals surface area contributed by atoms with E-state index in [0.717, 1.165) is 16.8 Å². The third-order valence-electron chi connectivity index (χ3n) is 3.09. The molecule has 3 rings (SSSR count). The van der Waals surface area contributed by atoms with Crippen molar-refractivity contribution in [3.63, 3.8) is 0 Å². The minimum Gasteiger partial charge on any atom is -0.303 e. The molecule has 84 valence electrons. The van der Waals surface area contributed by atoms with Gasteiger partial charge in [-0.25, -0.2) is 4.98 Å². The van der Waals surface area contributed by atoms with E-state index in [-0.39, 0.29) is 0 Å². The van der Waals surface area contributed by atoms with E-state index in [2.05, 4.69) is 55.4 Å². The average molecular weight is 297 g/mol. The molecule has 0 aromatic carbocycles. The van der Waals surface area contributed by atoms with Gasteiger partial charge in [-0.15, -0.1) is 0 Å². The molecule has 1 saturated heterocycles. The Labute approximate surface area is 108 Å². The number of aromatic nitrogens is 2. The van der Waals surface area contributed by atoms with E-state index >= 15 is 0 Å². The molecular weight excluding hydrogens is 284 g/mol. The molecule has 3 heterocycles. The molecular formula is C12H13BrN2S. The lowest BCUT2D eigenvalue weighted by Gasteiger charge is -2.07. The summed E-state index contributed by atoms with van der Waals surface area (Å²) < 4.78 is 3.32. The molecule has 0 bridgehead atoms. The van der Waals surface area contributed by atoms with Gasteiger partial charge < -0.3 is 4.40 Å². The summed E-state index contributed by atoms with van der Waals surface area (Å²) in [7, 11) is 0. The first kappa shape index (κ1) is 10.7. The van der Waals surface area contributed by atoms with Gasteiger partial charge in [-0.2, -0.15) is 11.8 Å². The number of hydrogen-bond donors (Lipinski definition) is 0. The molecule has 0 saturated carbocycles. The van der Waals surface area contributed by atoms with Crippen molar-refractivity contribution in [3.05, 3.63) is 34.8 Å². The summed E-state index contributed by atoms with van der Waals surface area (Å²) in [4.78, 5) is 4.54. The number of hydrogen-bond acceptors (Lipinski definition) is 2. The van der Waals surface area contributed by atoms with Gasteiger partial charge in [0.05, 0.1) is 11.7 Å². The Morgan fingerprint density at radius 1 is 1.56 bits per heavy atom. The second-order valence-corrected chi connectivity index (χ2v) is 6.22. The molecule has 1 aliphatic rings. The number of fused-ring (bicyclic) bond motifs is 1. The van der Waals surface area contributed by atoms with Gasteiger partial charge in [-0.05, 0) is 51.9 Å². The minimum atomic E-state index is 0.814. The van der Waals surface area contributed by atoms with E-state index in [4.69, 9.17) is 0 Å². The van der Waals surface area contributed by atoms with Crippen LogP contribution in [0.4, 0.5) is 0 Å². The second-order valence-electron chi connectivity index (χ2n) is 4.22. The number of pyridine rings is 1. The fourth-order valence-electron chi connectivity index (χ4n) is 2.19. The molecule has 4 heteroatoms. The SMILES string of the molecule is Brc1cccn2c(CC3CCSC3)ncc12. The van der Waals surface area contributed by atoms with Gasteiger partial charge in [0.2, 0.25) is 0 Å². The van der Waals surface area contributed by atoms with Crippen LogP contribution in [-0.2, 0) is 6.42 Å². The largest absolute Gasteiger partial charge is 0.303 e. The maximum absolute atomic E-state index is 4.54. The Kier molecular flexibility index (Phi) is 2.94. The third kappa shape index (κ3) is 1.89. The fraction of sp³-hybridized carbons (Fsp3) is 0.417. The van der Waals surface area contributed by atoms with Gasteiger partial charge in [0.25, 0.3) is 0 Å². The molecule has 2 aromatic heterocycles. The molecule has 16 heavy (non-hydrogen) atoms. The highest BCUT2D eigenvalue weighted by Gasteiger charge is 2.18. The molecule has 0 amide bonds. The lowest BCUT2D eigenvalue weighted by atomic mass is 10.1. The smallest absolute Gasteiger partial charge is 0.113 e. The van der Waals surface area contributed by atoms with E-state index in [9.17, 15) is 0 Å². The number of halogens is 1. The van der Waals surface area contributed by atoms with Crippen LogP contribution in [0.1, 0.15) is 12.2 Å². The van der Waals surface area contributed by atoms with Gasteiger partial charge in [0, 0.05) is 17.1 Å². The maximum atomic E-state index is 4.54. The van der Waals surface area contributed by atoms with E-state index in [1.54, 1.807) is 0 Å². The maximum Gasteiger partial charge on any atom is 0.113 e. The van der Waals surface area contributed by atoms with Crippen LogP contribution in [0, 0.1) is 5.92 Å². The van der Waals surface area contributed by atoms with Gasteiger partial charge >= 0.3 is 0 Å². The van der Waals surface area contributed by atoms with Crippen LogP contribution in [0.2, 0.25) is 0 Å². The number of imidazole rings is 1. The first-order valence-corrected chi connectivity index (χ1v) is 7.47. The Bertz CT molecular complexity index is 503. The van der Waals surface area contributed by atoms with Crippen LogP contribution in [0.5, 0.6) is 0 Å². The lowest BCUT2D eigenvalue weighted by molar-refractivity contribution is 0.574. The second kappa shape index (κ2) is 4.41. The van der Waals surface area contributed by atoms with Crippen molar-refractivity contribution in [2.75, 3.05) is 11.5 Å². The van der Waals surface area contributed by atoms with Crippen LogP contribution >= 0.6 is 27.7 Å². The van der Waals surface area contributed by atoms with Crippen molar-refractivity contribution in [1.82, 2.24) is 9.38 Å². The molecule has 2 aromatic rings. The number of nitrogens with zero attached hydrogens (tertiary/aromatic N) is 2. The fourth-order valence-corrected chi connectivity index (χ4v) is 3.93. The van der Waals surface area contributed by atoms with Crippen molar-refractivity contribution in [2.24, 2.45) is 5.92 Å². The van der Waals surface area contributed by atoms with Crippen molar-refractivity contribution < 1.29 is 0 Å². The highest BCUT2D eigenvalue weighted by molar-refractivity contribution is 9.10. The predicted molar refractivity (Wildman–Crippen MR) is 72.0 cm³/mol. The zero-order chi connectivity index (χ0) is 11.0. The van der Waals surface area contributed by atoms with Gasteiger partial charge in [-0.3, -0.25) is 0 Å². The summed E-state index contributed by atoms with van der Waals surface area (Å²) in [5.41, 5.74) is 1.17. The highest BCUT2D eigenvalue weighted by atomic mass is 79.9. The number of rotatable bonds is 2. The quantitative estimate of drug-likeness (QED) is 0.845. The minimum absolute atomic E-state index is 0.814. The summed E-state index contributed by atoms with van der Waals surface area (Å²) in [6.45, 7) is 0. The molecule has 1 atom stereocenters. The highest BCUT2D eigenvalue weighted by Crippen LogP contribution is 2.27. The van der Waals surface area contributed by atoms with Gasteiger partial charge in [0.1, 0.15) is 5.82 Å². The molecule has 1 aliphatic heterocycles. The summed E-state index contributed by atoms with van der Waals surface area (Å²) in [5.74, 6) is 4.62. The summed E-state index contributed by atoms with van der Waals surface area (Å²) in [5, 5.41) is 0. The summed E-state index contributed by atoms with van der Waals surface area (Å²) in [6.07, 6.45) is 6.51. The van der Waals surface area contributed by atoms with Crippen LogP contribution in [0.15, 0.2) is 29.0 Å². The molecule has 0 radical (unpaired) electrons. The molecule has 0 spiro atoms. The normalized spacial score (nSPS) is 20.7. The Morgan fingerprint density at radius 2 is 2.50 bits per heavy atom. The summed E-state index contributed by atoms with van der Waals surface area (Å²) in [6, 6.07) is 4.12. The molecule has 0 aliphatic carbocycles. The van der Waals surface area contributed by atoms with Crippen molar-refractivity contribution in [1.29, 1.82) is 0 Å². The van der Waals surface area contributed by atoms with E-state index in [1.165, 1.54) is 29.3 Å². The average Bonchev–Trinajstić information content (AvgIpc) is 2.90.